The van der Waals surface area contributed by atoms with Crippen LogP contribution in [-0.2, 0) is 11.3 Å². The number of thiazole rings is 1. The van der Waals surface area contributed by atoms with Gasteiger partial charge in [0.25, 0.3) is 0 Å². The van der Waals surface area contributed by atoms with Crippen molar-refractivity contribution in [3.63, 3.8) is 0 Å². The number of carboxylic acids is 1. The summed E-state index contributed by atoms with van der Waals surface area (Å²) < 4.78 is 4.78. The third kappa shape index (κ3) is 1.75. The van der Waals surface area contributed by atoms with Crippen molar-refractivity contribution in [1.82, 2.24) is 4.98 Å². The summed E-state index contributed by atoms with van der Waals surface area (Å²) in [7, 11) is 1.52. The molecule has 1 N–H and O–H groups in total. The molecule has 0 amide bonds. The van der Waals surface area contributed by atoms with Crippen molar-refractivity contribution in [2.45, 2.75) is 6.61 Å². The summed E-state index contributed by atoms with van der Waals surface area (Å²) in [6.45, 7) is 0.312. The highest BCUT2D eigenvalue weighted by Crippen LogP contribution is 2.13. The zero-order valence-corrected chi connectivity index (χ0v) is 6.72. The van der Waals surface area contributed by atoms with Gasteiger partial charge in [0.2, 0.25) is 0 Å². The molecule has 0 radical (unpaired) electrons. The number of methoxy groups -OCH3 is 1. The lowest BCUT2D eigenvalue weighted by Crippen LogP contribution is -2.01. The van der Waals surface area contributed by atoms with Crippen LogP contribution in [0, 0.1) is 0 Å². The van der Waals surface area contributed by atoms with Crippen LogP contribution in [0.2, 0.25) is 0 Å². The van der Waals surface area contributed by atoms with Gasteiger partial charge in [0.15, 0.2) is 5.69 Å². The summed E-state index contributed by atoms with van der Waals surface area (Å²) in [5.41, 5.74) is 1.59. The molecule has 0 aliphatic rings. The number of hydrogen-bond donors (Lipinski definition) is 1. The first kappa shape index (κ1) is 8.16. The maximum absolute atomic E-state index is 10.4. The van der Waals surface area contributed by atoms with Gasteiger partial charge in [0.1, 0.15) is 0 Å². The first-order valence-electron chi connectivity index (χ1n) is 2.90. The van der Waals surface area contributed by atoms with Crippen molar-refractivity contribution >= 4 is 17.3 Å². The molecule has 0 aliphatic heterocycles. The molecule has 0 unspecified atom stereocenters. The molecular weight excluding hydrogens is 166 g/mol. The second kappa shape index (κ2) is 3.45. The van der Waals surface area contributed by atoms with Gasteiger partial charge in [-0.05, 0) is 0 Å². The van der Waals surface area contributed by atoms with E-state index in [1.165, 1.54) is 24.0 Å². The number of nitrogens with zero attached hydrogens (tertiary/aromatic N) is 1. The van der Waals surface area contributed by atoms with Crippen molar-refractivity contribution in [3.8, 4) is 0 Å². The lowest BCUT2D eigenvalue weighted by atomic mass is 10.4. The van der Waals surface area contributed by atoms with E-state index in [4.69, 9.17) is 9.84 Å². The molecule has 0 saturated heterocycles. The summed E-state index contributed by atoms with van der Waals surface area (Å²) in [5, 5.41) is 8.57. The van der Waals surface area contributed by atoms with Crippen LogP contribution in [0.15, 0.2) is 5.51 Å². The van der Waals surface area contributed by atoms with E-state index < -0.39 is 5.97 Å². The molecule has 0 saturated carbocycles. The van der Waals surface area contributed by atoms with Crippen molar-refractivity contribution in [1.29, 1.82) is 0 Å². The average Bonchev–Trinajstić information content (AvgIpc) is 2.36. The number of ether oxygens (including phenoxy) is 1. The van der Waals surface area contributed by atoms with Crippen LogP contribution in [0.1, 0.15) is 15.4 Å². The van der Waals surface area contributed by atoms with E-state index in [0.717, 1.165) is 0 Å². The van der Waals surface area contributed by atoms with E-state index >= 15 is 0 Å². The molecule has 1 aromatic rings. The van der Waals surface area contributed by atoms with E-state index in [1.807, 2.05) is 0 Å². The molecule has 1 heterocycles. The Bertz CT molecular complexity index is 258. The fourth-order valence-corrected chi connectivity index (χ4v) is 1.40. The summed E-state index contributed by atoms with van der Waals surface area (Å²) in [5.74, 6) is -1.00. The fourth-order valence-electron chi connectivity index (χ4n) is 0.678. The normalized spacial score (nSPS) is 9.91. The van der Waals surface area contributed by atoms with Gasteiger partial charge in [-0.2, -0.15) is 0 Å². The molecule has 0 spiro atoms. The number of carboxylic acid groups (broad SMARTS) is 1. The van der Waals surface area contributed by atoms with Gasteiger partial charge < -0.3 is 9.84 Å². The lowest BCUT2D eigenvalue weighted by Gasteiger charge is -1.94. The van der Waals surface area contributed by atoms with Crippen LogP contribution in [0.3, 0.4) is 0 Å². The third-order valence-electron chi connectivity index (χ3n) is 1.12. The Kier molecular flexibility index (Phi) is 2.56. The largest absolute Gasteiger partial charge is 0.476 e. The maximum Gasteiger partial charge on any atom is 0.355 e. The highest BCUT2D eigenvalue weighted by Gasteiger charge is 2.12. The topological polar surface area (TPSA) is 59.4 Å². The number of carbonyl (C=O) groups is 1. The number of rotatable bonds is 3. The van der Waals surface area contributed by atoms with Crippen molar-refractivity contribution in [3.05, 3.63) is 16.1 Å². The summed E-state index contributed by atoms with van der Waals surface area (Å²) in [6.07, 6.45) is 0. The van der Waals surface area contributed by atoms with E-state index in [9.17, 15) is 4.79 Å². The van der Waals surface area contributed by atoms with Gasteiger partial charge in [0.05, 0.1) is 17.0 Å². The molecule has 4 nitrogen and oxygen atoms in total. The van der Waals surface area contributed by atoms with Crippen LogP contribution in [-0.4, -0.2) is 23.2 Å². The predicted octanol–water partition coefficient (Wildman–Crippen LogP) is 0.988. The zero-order chi connectivity index (χ0) is 8.27. The van der Waals surface area contributed by atoms with Crippen LogP contribution >= 0.6 is 11.3 Å². The van der Waals surface area contributed by atoms with Crippen molar-refractivity contribution < 1.29 is 14.6 Å². The van der Waals surface area contributed by atoms with Crippen molar-refractivity contribution in [2.24, 2.45) is 0 Å². The SMILES string of the molecule is COCc1scnc1C(=O)O. The van der Waals surface area contributed by atoms with Gasteiger partial charge in [0, 0.05) is 7.11 Å². The molecule has 11 heavy (non-hydrogen) atoms. The van der Waals surface area contributed by atoms with Crippen molar-refractivity contribution in [2.75, 3.05) is 7.11 Å². The Morgan fingerprint density at radius 3 is 3.18 bits per heavy atom. The van der Waals surface area contributed by atoms with Gasteiger partial charge in [-0.3, -0.25) is 0 Å². The first-order chi connectivity index (χ1) is 5.25. The molecule has 0 fully saturated rings. The molecule has 0 aliphatic carbocycles. The van der Waals surface area contributed by atoms with Crippen LogP contribution in [0.25, 0.3) is 0 Å². The van der Waals surface area contributed by atoms with Gasteiger partial charge in [-0.25, -0.2) is 9.78 Å². The quantitative estimate of drug-likeness (QED) is 0.740. The summed E-state index contributed by atoms with van der Waals surface area (Å²) in [4.78, 5) is 14.8. The Morgan fingerprint density at radius 1 is 1.91 bits per heavy atom. The number of aromatic carboxylic acids is 1. The predicted molar refractivity (Wildman–Crippen MR) is 39.8 cm³/mol. The number of hydrogen-bond acceptors (Lipinski definition) is 4. The molecule has 0 aromatic carbocycles. The Hall–Kier alpha value is -0.940. The standard InChI is InChI=1S/C6H7NO3S/c1-10-2-4-5(6(8)9)7-3-11-4/h3H,2H2,1H3,(H,8,9). The summed E-state index contributed by atoms with van der Waals surface area (Å²) >= 11 is 1.29. The van der Waals surface area contributed by atoms with Gasteiger partial charge in [-0.1, -0.05) is 0 Å². The fraction of sp³-hybridized carbons (Fsp3) is 0.333. The van der Waals surface area contributed by atoms with E-state index in [-0.39, 0.29) is 5.69 Å². The average molecular weight is 173 g/mol. The molecular formula is C6H7NO3S. The maximum atomic E-state index is 10.4. The highest BCUT2D eigenvalue weighted by molar-refractivity contribution is 7.09. The van der Waals surface area contributed by atoms with E-state index in [0.29, 0.717) is 11.5 Å². The highest BCUT2D eigenvalue weighted by atomic mass is 32.1. The second-order valence-corrected chi connectivity index (χ2v) is 2.80. The molecule has 1 rings (SSSR count). The smallest absolute Gasteiger partial charge is 0.355 e. The molecule has 5 heteroatoms. The molecule has 1 aromatic heterocycles. The summed E-state index contributed by atoms with van der Waals surface area (Å²) in [6, 6.07) is 0. The van der Waals surface area contributed by atoms with Crippen LogP contribution in [0.4, 0.5) is 0 Å². The minimum Gasteiger partial charge on any atom is -0.476 e. The Balaban J connectivity index is 2.87. The second-order valence-electron chi connectivity index (χ2n) is 1.86. The number of aromatic nitrogens is 1. The Morgan fingerprint density at radius 2 is 2.64 bits per heavy atom. The van der Waals surface area contributed by atoms with Gasteiger partial charge >= 0.3 is 5.97 Å². The Labute approximate surface area is 67.5 Å². The van der Waals surface area contributed by atoms with Gasteiger partial charge in [-0.15, -0.1) is 11.3 Å². The molecule has 60 valence electrons. The third-order valence-corrected chi connectivity index (χ3v) is 1.93. The first-order valence-corrected chi connectivity index (χ1v) is 3.78. The monoisotopic (exact) mass is 173 g/mol. The molecule has 0 atom stereocenters. The zero-order valence-electron chi connectivity index (χ0n) is 5.90. The van der Waals surface area contributed by atoms with E-state index in [2.05, 4.69) is 4.98 Å². The minimum atomic E-state index is -1.00. The molecule has 0 bridgehead atoms. The van der Waals surface area contributed by atoms with Crippen LogP contribution < -0.4 is 0 Å². The van der Waals surface area contributed by atoms with Crippen LogP contribution in [0.5, 0.6) is 0 Å². The van der Waals surface area contributed by atoms with E-state index in [1.54, 1.807) is 0 Å². The minimum absolute atomic E-state index is 0.0943. The lowest BCUT2D eigenvalue weighted by molar-refractivity contribution is 0.0686.